The molecule has 0 saturated carbocycles. The molecule has 0 fully saturated rings. The second-order valence-electron chi connectivity index (χ2n) is 5.70. The number of nitrogens with two attached hydrogens (primary N) is 1. The van der Waals surface area contributed by atoms with Crippen LogP contribution in [0.15, 0.2) is 35.7 Å². The minimum Gasteiger partial charge on any atom is -0.397 e. The lowest BCUT2D eigenvalue weighted by atomic mass is 10.1. The number of anilines is 2. The lowest BCUT2D eigenvalue weighted by Gasteiger charge is -2.08. The lowest BCUT2D eigenvalue weighted by Crippen LogP contribution is -2.21. The Morgan fingerprint density at radius 1 is 1.08 bits per heavy atom. The van der Waals surface area contributed by atoms with Crippen molar-refractivity contribution in [2.24, 2.45) is 0 Å². The van der Waals surface area contributed by atoms with Crippen LogP contribution in [0.1, 0.15) is 37.0 Å². The number of nitrogens with one attached hydrogen (secondary N) is 2. The summed E-state index contributed by atoms with van der Waals surface area (Å²) in [6.45, 7) is 0.563. The number of amides is 2. The summed E-state index contributed by atoms with van der Waals surface area (Å²) in [5.74, 6) is -0.636. The molecule has 1 heterocycles. The Morgan fingerprint density at radius 3 is 2.56 bits per heavy atom. The van der Waals surface area contributed by atoms with Crippen molar-refractivity contribution in [1.29, 1.82) is 0 Å². The number of unbranched alkanes of at least 4 members (excludes halogenated alkanes) is 2. The molecule has 25 heavy (non-hydrogen) atoms. The molecule has 0 aliphatic rings. The van der Waals surface area contributed by atoms with Crippen LogP contribution in [0.2, 0.25) is 0 Å². The van der Waals surface area contributed by atoms with E-state index in [1.807, 2.05) is 17.5 Å². The van der Waals surface area contributed by atoms with Crippen LogP contribution in [-0.4, -0.2) is 11.8 Å². The summed E-state index contributed by atoms with van der Waals surface area (Å²) in [5.41, 5.74) is 6.31. The average Bonchev–Trinajstić information content (AvgIpc) is 3.09. The summed E-state index contributed by atoms with van der Waals surface area (Å²) in [7, 11) is 0. The van der Waals surface area contributed by atoms with Crippen molar-refractivity contribution >= 4 is 34.5 Å². The Bertz CT molecular complexity index is 704. The molecule has 0 saturated heterocycles. The summed E-state index contributed by atoms with van der Waals surface area (Å²) in [5, 5.41) is 7.45. The fraction of sp³-hybridized carbons (Fsp3) is 0.333. The number of hydrogen-bond donors (Lipinski definition) is 3. The molecule has 2 amide bonds. The number of benzene rings is 1. The van der Waals surface area contributed by atoms with Crippen molar-refractivity contribution in [1.82, 2.24) is 5.32 Å². The van der Waals surface area contributed by atoms with E-state index in [0.29, 0.717) is 31.5 Å². The number of halogens is 1. The van der Waals surface area contributed by atoms with E-state index in [1.54, 1.807) is 11.3 Å². The molecule has 4 N–H and O–H groups in total. The standard InChI is InChI=1S/C18H22FN3O2S/c19-13-8-9-15(20)16(11-13)22-18(24)7-3-1-2-6-17(23)21-12-14-5-4-10-25-14/h4-5,8-11H,1-3,6-7,12,20H2,(H,21,23)(H,22,24). The molecule has 2 aromatic rings. The maximum Gasteiger partial charge on any atom is 0.224 e. The van der Waals surface area contributed by atoms with Crippen molar-refractivity contribution in [3.05, 3.63) is 46.4 Å². The molecular weight excluding hydrogens is 341 g/mol. The quantitative estimate of drug-likeness (QED) is 0.469. The number of hydrogen-bond acceptors (Lipinski definition) is 4. The van der Waals surface area contributed by atoms with E-state index < -0.39 is 5.82 Å². The monoisotopic (exact) mass is 363 g/mol. The number of carbonyl (C=O) groups is 2. The highest BCUT2D eigenvalue weighted by molar-refractivity contribution is 7.09. The number of carbonyl (C=O) groups excluding carboxylic acids is 2. The molecule has 2 rings (SSSR count). The molecular formula is C18H22FN3O2S. The maximum absolute atomic E-state index is 13.1. The van der Waals surface area contributed by atoms with E-state index >= 15 is 0 Å². The van der Waals surface area contributed by atoms with Gasteiger partial charge < -0.3 is 16.4 Å². The third-order valence-electron chi connectivity index (χ3n) is 3.64. The third-order valence-corrected chi connectivity index (χ3v) is 4.51. The van der Waals surface area contributed by atoms with Crippen LogP contribution < -0.4 is 16.4 Å². The van der Waals surface area contributed by atoms with E-state index in [4.69, 9.17) is 5.73 Å². The van der Waals surface area contributed by atoms with Gasteiger partial charge in [0.25, 0.3) is 0 Å². The summed E-state index contributed by atoms with van der Waals surface area (Å²) in [4.78, 5) is 24.7. The lowest BCUT2D eigenvalue weighted by molar-refractivity contribution is -0.121. The zero-order valence-electron chi connectivity index (χ0n) is 13.9. The highest BCUT2D eigenvalue weighted by Gasteiger charge is 2.07. The molecule has 0 unspecified atom stereocenters. The molecule has 1 aromatic carbocycles. The molecule has 0 aliphatic heterocycles. The van der Waals surface area contributed by atoms with Gasteiger partial charge in [0.1, 0.15) is 5.82 Å². The fourth-order valence-corrected chi connectivity index (χ4v) is 2.93. The van der Waals surface area contributed by atoms with Gasteiger partial charge in [0.2, 0.25) is 11.8 Å². The van der Waals surface area contributed by atoms with Crippen LogP contribution in [0.5, 0.6) is 0 Å². The molecule has 5 nitrogen and oxygen atoms in total. The second-order valence-corrected chi connectivity index (χ2v) is 6.73. The minimum absolute atomic E-state index is 0.0189. The van der Waals surface area contributed by atoms with Crippen LogP contribution >= 0.6 is 11.3 Å². The van der Waals surface area contributed by atoms with Gasteiger partial charge in [-0.25, -0.2) is 4.39 Å². The van der Waals surface area contributed by atoms with Gasteiger partial charge in [0.05, 0.1) is 17.9 Å². The third kappa shape index (κ3) is 6.93. The fourth-order valence-electron chi connectivity index (χ4n) is 2.28. The van der Waals surface area contributed by atoms with Crippen LogP contribution in [0.4, 0.5) is 15.8 Å². The van der Waals surface area contributed by atoms with E-state index in [9.17, 15) is 14.0 Å². The largest absolute Gasteiger partial charge is 0.397 e. The summed E-state index contributed by atoms with van der Waals surface area (Å²) in [6, 6.07) is 7.79. The van der Waals surface area contributed by atoms with Crippen molar-refractivity contribution in [2.45, 2.75) is 38.6 Å². The molecule has 0 radical (unpaired) electrons. The molecule has 134 valence electrons. The average molecular weight is 363 g/mol. The first kappa shape index (κ1) is 18.9. The van der Waals surface area contributed by atoms with Crippen LogP contribution in [0.3, 0.4) is 0 Å². The van der Waals surface area contributed by atoms with Gasteiger partial charge in [0, 0.05) is 17.7 Å². The van der Waals surface area contributed by atoms with Gasteiger partial charge in [-0.15, -0.1) is 11.3 Å². The zero-order chi connectivity index (χ0) is 18.1. The number of rotatable bonds is 9. The summed E-state index contributed by atoms with van der Waals surface area (Å²) < 4.78 is 13.1. The molecule has 7 heteroatoms. The first-order chi connectivity index (χ1) is 12.0. The molecule has 0 atom stereocenters. The Kier molecular flexibility index (Phi) is 7.40. The van der Waals surface area contributed by atoms with Crippen LogP contribution in [-0.2, 0) is 16.1 Å². The van der Waals surface area contributed by atoms with E-state index in [1.165, 1.54) is 18.2 Å². The molecule has 0 aliphatic carbocycles. The van der Waals surface area contributed by atoms with E-state index in [0.717, 1.165) is 17.7 Å². The zero-order valence-corrected chi connectivity index (χ0v) is 14.7. The smallest absolute Gasteiger partial charge is 0.224 e. The normalized spacial score (nSPS) is 10.4. The second kappa shape index (κ2) is 9.78. The minimum atomic E-state index is -0.446. The Morgan fingerprint density at radius 2 is 1.84 bits per heavy atom. The first-order valence-corrected chi connectivity index (χ1v) is 9.06. The van der Waals surface area contributed by atoms with Crippen molar-refractivity contribution in [3.63, 3.8) is 0 Å². The van der Waals surface area contributed by atoms with Gasteiger partial charge >= 0.3 is 0 Å². The number of thiophene rings is 1. The predicted molar refractivity (Wildman–Crippen MR) is 98.7 cm³/mol. The molecule has 1 aromatic heterocycles. The van der Waals surface area contributed by atoms with Crippen LogP contribution in [0, 0.1) is 5.82 Å². The first-order valence-electron chi connectivity index (χ1n) is 8.18. The Balaban J connectivity index is 1.57. The van der Waals surface area contributed by atoms with Crippen LogP contribution in [0.25, 0.3) is 0 Å². The van der Waals surface area contributed by atoms with Crippen molar-refractivity contribution < 1.29 is 14.0 Å². The maximum atomic E-state index is 13.1. The van der Waals surface area contributed by atoms with Crippen molar-refractivity contribution in [3.8, 4) is 0 Å². The highest BCUT2D eigenvalue weighted by atomic mass is 32.1. The van der Waals surface area contributed by atoms with E-state index in [-0.39, 0.29) is 17.5 Å². The topological polar surface area (TPSA) is 84.2 Å². The van der Waals surface area contributed by atoms with Gasteiger partial charge in [-0.1, -0.05) is 12.5 Å². The van der Waals surface area contributed by atoms with Gasteiger partial charge in [-0.05, 0) is 42.5 Å². The number of nitrogen functional groups attached to an aromatic ring is 1. The van der Waals surface area contributed by atoms with Gasteiger partial charge in [-0.3, -0.25) is 9.59 Å². The van der Waals surface area contributed by atoms with Crippen molar-refractivity contribution in [2.75, 3.05) is 11.1 Å². The summed E-state index contributed by atoms with van der Waals surface area (Å²) >= 11 is 1.61. The molecule has 0 spiro atoms. The van der Waals surface area contributed by atoms with Gasteiger partial charge in [-0.2, -0.15) is 0 Å². The Labute approximate surface area is 150 Å². The predicted octanol–water partition coefficient (Wildman–Crippen LogP) is 3.67. The van der Waals surface area contributed by atoms with E-state index in [2.05, 4.69) is 10.6 Å². The SMILES string of the molecule is Nc1ccc(F)cc1NC(=O)CCCCCC(=O)NCc1cccs1. The highest BCUT2D eigenvalue weighted by Crippen LogP contribution is 2.19. The van der Waals surface area contributed by atoms with Gasteiger partial charge in [0.15, 0.2) is 0 Å². The summed E-state index contributed by atoms with van der Waals surface area (Å²) in [6.07, 6.45) is 2.93. The molecule has 0 bridgehead atoms. The Hall–Kier alpha value is -2.41.